The van der Waals surface area contributed by atoms with E-state index in [4.69, 9.17) is 40.9 Å². The second kappa shape index (κ2) is 26.2. The molecule has 0 aliphatic rings. The molecular weight excluding hydrogens is 743 g/mol. The molecule has 0 saturated heterocycles. The first-order valence-electron chi connectivity index (χ1n) is 18.0. The van der Waals surface area contributed by atoms with E-state index in [2.05, 4.69) is 38.9 Å². The molecule has 306 valence electrons. The lowest BCUT2D eigenvalue weighted by Gasteiger charge is -2.33. The number of carbonyl (C=O) groups excluding carboxylic acids is 6. The fourth-order valence-electron chi connectivity index (χ4n) is 5.33. The molecule has 7 atom stereocenters. The van der Waals surface area contributed by atoms with Crippen LogP contribution < -0.4 is 54.8 Å². The lowest BCUT2D eigenvalue weighted by atomic mass is 10.0. The Hall–Kier alpha value is -3.70. The SMILES string of the molecule is C[C@@H](O)[C@H](NC(=O)C(CCCCN)NC(=O)C(CO)NC(=O)C(N)CCCCN)C(=O)NC(CCCCN)C(=O)N(c1ccc[nH]c1=S)[C@H](CS)C(N)=O. The van der Waals surface area contributed by atoms with Crippen molar-refractivity contribution in [3.63, 3.8) is 0 Å². The van der Waals surface area contributed by atoms with Crippen LogP contribution in [-0.4, -0.2) is 125 Å². The standard InChI is InChI=1S/C33H59N11O8S2/c1-19(46)26(43-29(49)21(10-3-6-14-35)40-30(50)23(17-45)42-28(48)20(37)9-2-5-13-34)31(51)41-22(11-4-7-15-36)33(52)44(25(18-53)27(38)47)24-12-8-16-39-32(24)54/h8,12,16,19-23,25-26,45-46,53H,2-7,9-11,13-15,17-18,34-37H2,1H3,(H2,38,47)(H,39,54)(H,40,50)(H,41,51)(H,42,48)(H,43,49)/t19-,20?,21?,22?,23?,25-,26+/m1/s1. The summed E-state index contributed by atoms with van der Waals surface area (Å²) in [5.74, 6) is -5.24. The lowest BCUT2D eigenvalue weighted by molar-refractivity contribution is -0.136. The van der Waals surface area contributed by atoms with Crippen molar-refractivity contribution < 1.29 is 39.0 Å². The molecule has 0 bridgehead atoms. The number of nitrogens with one attached hydrogen (secondary N) is 5. The number of nitrogens with zero attached hydrogens (tertiary/aromatic N) is 1. The third-order valence-electron chi connectivity index (χ3n) is 8.43. The molecule has 17 N–H and O–H groups in total. The van der Waals surface area contributed by atoms with E-state index in [1.54, 1.807) is 6.07 Å². The Bertz CT molecular complexity index is 1420. The smallest absolute Gasteiger partial charge is 0.250 e. The van der Waals surface area contributed by atoms with Gasteiger partial charge in [-0.3, -0.25) is 33.7 Å². The number of aliphatic hydroxyl groups is 2. The Morgan fingerprint density at radius 3 is 1.83 bits per heavy atom. The normalized spacial score (nSPS) is 15.0. The maximum atomic E-state index is 14.2. The summed E-state index contributed by atoms with van der Waals surface area (Å²) in [7, 11) is 0. The second-order valence-electron chi connectivity index (χ2n) is 12.7. The van der Waals surface area contributed by atoms with Crippen molar-refractivity contribution in [1.29, 1.82) is 0 Å². The Morgan fingerprint density at radius 2 is 1.33 bits per heavy atom. The van der Waals surface area contributed by atoms with Crippen molar-refractivity contribution >= 4 is 66.0 Å². The monoisotopic (exact) mass is 801 g/mol. The summed E-state index contributed by atoms with van der Waals surface area (Å²) in [6.45, 7) is 1.43. The predicted octanol–water partition coefficient (Wildman–Crippen LogP) is -3.11. The summed E-state index contributed by atoms with van der Waals surface area (Å²) in [5, 5.41) is 30.5. The number of primary amides is 1. The highest BCUT2D eigenvalue weighted by Gasteiger charge is 2.37. The number of unbranched alkanes of at least 4 members (excludes halogenated alkanes) is 3. The number of aliphatic hydroxyl groups excluding tert-OH is 2. The molecular formula is C33H59N11O8S2. The number of nitrogens with two attached hydrogens (primary N) is 5. The number of H-pyrrole nitrogens is 1. The van der Waals surface area contributed by atoms with Crippen LogP contribution in [0.4, 0.5) is 5.69 Å². The summed E-state index contributed by atoms with van der Waals surface area (Å²) < 4.78 is 0.108. The van der Waals surface area contributed by atoms with Gasteiger partial charge in [0.05, 0.1) is 24.4 Å². The van der Waals surface area contributed by atoms with Gasteiger partial charge in [0.25, 0.3) is 0 Å². The number of thiol groups is 1. The summed E-state index contributed by atoms with van der Waals surface area (Å²) in [4.78, 5) is 83.8. The summed E-state index contributed by atoms with van der Waals surface area (Å²) in [5.41, 5.74) is 28.5. The highest BCUT2D eigenvalue weighted by Crippen LogP contribution is 2.21. The molecule has 21 heteroatoms. The molecule has 1 heterocycles. The van der Waals surface area contributed by atoms with Gasteiger partial charge in [-0.15, -0.1) is 0 Å². The largest absolute Gasteiger partial charge is 0.394 e. The highest BCUT2D eigenvalue weighted by molar-refractivity contribution is 7.80. The summed E-state index contributed by atoms with van der Waals surface area (Å²) >= 11 is 9.60. The third kappa shape index (κ3) is 16.0. The molecule has 0 saturated carbocycles. The molecule has 0 fully saturated rings. The molecule has 4 unspecified atom stereocenters. The van der Waals surface area contributed by atoms with Crippen LogP contribution in [0.25, 0.3) is 0 Å². The summed E-state index contributed by atoms with van der Waals surface area (Å²) in [6, 6.07) is -4.88. The Morgan fingerprint density at radius 1 is 0.815 bits per heavy atom. The zero-order chi connectivity index (χ0) is 40.8. The van der Waals surface area contributed by atoms with Gasteiger partial charge in [-0.05, 0) is 90.1 Å². The zero-order valence-corrected chi connectivity index (χ0v) is 32.4. The minimum absolute atomic E-state index is 0.0402. The third-order valence-corrected chi connectivity index (χ3v) is 9.11. The molecule has 0 aromatic carbocycles. The minimum atomic E-state index is -1.64. The minimum Gasteiger partial charge on any atom is -0.394 e. The maximum absolute atomic E-state index is 14.2. The molecule has 0 aliphatic heterocycles. The maximum Gasteiger partial charge on any atom is 0.250 e. The van der Waals surface area contributed by atoms with E-state index in [-0.39, 0.29) is 42.0 Å². The van der Waals surface area contributed by atoms with Crippen molar-refractivity contribution in [2.45, 2.75) is 107 Å². The van der Waals surface area contributed by atoms with Gasteiger partial charge in [0.1, 0.15) is 34.8 Å². The number of hydrogen-bond acceptors (Lipinski definition) is 14. The van der Waals surface area contributed by atoms with E-state index in [1.165, 1.54) is 19.2 Å². The van der Waals surface area contributed by atoms with Crippen LogP contribution in [-0.2, 0) is 28.8 Å². The van der Waals surface area contributed by atoms with E-state index in [9.17, 15) is 39.0 Å². The van der Waals surface area contributed by atoms with E-state index in [0.29, 0.717) is 51.5 Å². The van der Waals surface area contributed by atoms with Crippen molar-refractivity contribution in [2.75, 3.05) is 36.9 Å². The number of hydrogen-bond donors (Lipinski definition) is 13. The van der Waals surface area contributed by atoms with Gasteiger partial charge >= 0.3 is 0 Å². The first-order valence-corrected chi connectivity index (χ1v) is 19.0. The van der Waals surface area contributed by atoms with Gasteiger partial charge < -0.3 is 65.1 Å². The van der Waals surface area contributed by atoms with Crippen molar-refractivity contribution in [2.24, 2.45) is 28.7 Å². The first kappa shape index (κ1) is 48.3. The molecule has 1 aromatic rings. The number of aromatic amines is 1. The van der Waals surface area contributed by atoms with Crippen LogP contribution in [0.2, 0.25) is 0 Å². The quantitative estimate of drug-likeness (QED) is 0.0238. The fraction of sp³-hybridized carbons (Fsp3) is 0.667. The molecule has 19 nitrogen and oxygen atoms in total. The molecule has 1 rings (SSSR count). The van der Waals surface area contributed by atoms with E-state index < -0.39 is 84.4 Å². The topological polar surface area (TPSA) is 340 Å². The number of rotatable bonds is 27. The molecule has 0 aliphatic carbocycles. The molecule has 0 spiro atoms. The zero-order valence-electron chi connectivity index (χ0n) is 30.7. The number of carbonyl (C=O) groups is 6. The van der Waals surface area contributed by atoms with E-state index >= 15 is 0 Å². The summed E-state index contributed by atoms with van der Waals surface area (Å²) in [6.07, 6.45) is 3.32. The Balaban J connectivity index is 3.35. The average molecular weight is 802 g/mol. The molecule has 6 amide bonds. The van der Waals surface area contributed by atoms with Gasteiger partial charge in [0.2, 0.25) is 35.4 Å². The van der Waals surface area contributed by atoms with E-state index in [0.717, 1.165) is 4.90 Å². The van der Waals surface area contributed by atoms with Crippen LogP contribution in [0.3, 0.4) is 0 Å². The van der Waals surface area contributed by atoms with Crippen LogP contribution in [0, 0.1) is 4.64 Å². The van der Waals surface area contributed by atoms with Gasteiger partial charge in [-0.2, -0.15) is 12.6 Å². The van der Waals surface area contributed by atoms with Gasteiger partial charge in [0, 0.05) is 11.9 Å². The van der Waals surface area contributed by atoms with Gasteiger partial charge in [-0.25, -0.2) is 0 Å². The first-order chi connectivity index (χ1) is 25.7. The van der Waals surface area contributed by atoms with Gasteiger partial charge in [-0.1, -0.05) is 18.6 Å². The van der Waals surface area contributed by atoms with Crippen molar-refractivity contribution in [3.8, 4) is 0 Å². The fourth-order valence-corrected chi connectivity index (χ4v) is 5.90. The van der Waals surface area contributed by atoms with Crippen LogP contribution in [0.1, 0.15) is 64.7 Å². The number of aromatic nitrogens is 1. The van der Waals surface area contributed by atoms with E-state index in [1.807, 2.05) is 0 Å². The van der Waals surface area contributed by atoms with Crippen LogP contribution in [0.15, 0.2) is 18.3 Å². The van der Waals surface area contributed by atoms with Crippen LogP contribution >= 0.6 is 24.8 Å². The van der Waals surface area contributed by atoms with Crippen molar-refractivity contribution in [3.05, 3.63) is 23.0 Å². The van der Waals surface area contributed by atoms with Crippen LogP contribution in [0.5, 0.6) is 0 Å². The van der Waals surface area contributed by atoms with Crippen molar-refractivity contribution in [1.82, 2.24) is 26.3 Å². The number of pyridine rings is 1. The van der Waals surface area contributed by atoms with Gasteiger partial charge in [0.15, 0.2) is 0 Å². The highest BCUT2D eigenvalue weighted by atomic mass is 32.1. The Kier molecular flexibility index (Phi) is 23.4. The molecule has 1 aromatic heterocycles. The second-order valence-corrected chi connectivity index (χ2v) is 13.5. The molecule has 0 radical (unpaired) electrons. The Labute approximate surface area is 326 Å². The molecule has 54 heavy (non-hydrogen) atoms. The average Bonchev–Trinajstić information content (AvgIpc) is 3.13. The number of amides is 6. The lowest BCUT2D eigenvalue weighted by Crippen LogP contribution is -2.62. The predicted molar refractivity (Wildman–Crippen MR) is 209 cm³/mol. The number of anilines is 1.